The number of amides is 2. The fraction of sp³-hybridized carbons (Fsp3) is 0.296. The van der Waals surface area contributed by atoms with Crippen molar-refractivity contribution in [2.24, 2.45) is 21.7 Å². The first-order valence-corrected chi connectivity index (χ1v) is 12.7. The number of fused-ring (bicyclic) bond motifs is 1. The summed E-state index contributed by atoms with van der Waals surface area (Å²) in [6.45, 7) is 2.93. The monoisotopic (exact) mass is 556 g/mol. The summed E-state index contributed by atoms with van der Waals surface area (Å²) in [5, 5.41) is 2.26. The van der Waals surface area contributed by atoms with E-state index in [0.717, 1.165) is 31.2 Å². The zero-order chi connectivity index (χ0) is 28.7. The Hall–Kier alpha value is -4.23. The van der Waals surface area contributed by atoms with E-state index in [9.17, 15) is 22.8 Å². The Balaban J connectivity index is 1.42. The predicted octanol–water partition coefficient (Wildman–Crippen LogP) is 4.36. The fourth-order valence-electron chi connectivity index (χ4n) is 5.04. The van der Waals surface area contributed by atoms with E-state index in [0.29, 0.717) is 37.0 Å². The van der Waals surface area contributed by atoms with Crippen LogP contribution in [-0.2, 0) is 11.0 Å². The average molecular weight is 557 g/mol. The summed E-state index contributed by atoms with van der Waals surface area (Å²) >= 11 is 0. The van der Waals surface area contributed by atoms with Gasteiger partial charge in [-0.05, 0) is 43.2 Å². The number of nitrogens with one attached hydrogen (secondary N) is 1. The third-order valence-electron chi connectivity index (χ3n) is 7.09. The number of quaternary nitrogens is 1. The van der Waals surface area contributed by atoms with Gasteiger partial charge in [-0.3, -0.25) is 14.6 Å². The lowest BCUT2D eigenvalue weighted by molar-refractivity contribution is -0.750. The normalized spacial score (nSPS) is 22.3. The molecular formula is C27H26F4N7O2+. The van der Waals surface area contributed by atoms with Crippen LogP contribution in [0.3, 0.4) is 0 Å². The quantitative estimate of drug-likeness (QED) is 0.324. The summed E-state index contributed by atoms with van der Waals surface area (Å²) in [4.78, 5) is 39.5. The van der Waals surface area contributed by atoms with Crippen molar-refractivity contribution in [2.75, 3.05) is 18.4 Å². The highest BCUT2D eigenvalue weighted by molar-refractivity contribution is 6.05. The van der Waals surface area contributed by atoms with Gasteiger partial charge >= 0.3 is 6.18 Å². The molecule has 1 aromatic heterocycles. The van der Waals surface area contributed by atoms with Gasteiger partial charge < -0.3 is 10.2 Å². The number of carbonyl (C=O) groups is 2. The number of halogens is 4. The lowest BCUT2D eigenvalue weighted by Gasteiger charge is -2.32. The number of aliphatic imine (C=N–C) groups is 2. The van der Waals surface area contributed by atoms with Crippen molar-refractivity contribution in [3.05, 3.63) is 82.8 Å². The van der Waals surface area contributed by atoms with E-state index in [1.54, 1.807) is 17.3 Å². The van der Waals surface area contributed by atoms with E-state index in [1.165, 1.54) is 18.3 Å². The summed E-state index contributed by atoms with van der Waals surface area (Å²) < 4.78 is 54.1. The molecule has 0 aliphatic carbocycles. The highest BCUT2D eigenvalue weighted by Crippen LogP contribution is 2.38. The lowest BCUT2D eigenvalue weighted by Crippen LogP contribution is -2.53. The number of anilines is 1. The highest BCUT2D eigenvalue weighted by atomic mass is 19.4. The van der Waals surface area contributed by atoms with Crippen LogP contribution in [0.25, 0.3) is 0 Å². The number of pyridine rings is 1. The fourth-order valence-corrected chi connectivity index (χ4v) is 5.04. The van der Waals surface area contributed by atoms with Gasteiger partial charge in [0.1, 0.15) is 23.5 Å². The number of hydrogen-bond donors (Lipinski definition) is 2. The van der Waals surface area contributed by atoms with Gasteiger partial charge in [-0.1, -0.05) is 6.92 Å². The molecule has 4 heterocycles. The Morgan fingerprint density at radius 3 is 2.75 bits per heavy atom. The Morgan fingerprint density at radius 1 is 1.23 bits per heavy atom. The topological polar surface area (TPSA) is 113 Å². The molecule has 40 heavy (non-hydrogen) atoms. The van der Waals surface area contributed by atoms with E-state index < -0.39 is 28.1 Å². The molecule has 5 rings (SSSR count). The smallest absolute Gasteiger partial charge is 0.342 e. The minimum atomic E-state index is -4.61. The molecule has 1 fully saturated rings. The van der Waals surface area contributed by atoms with Crippen LogP contribution in [0.1, 0.15) is 47.7 Å². The van der Waals surface area contributed by atoms with E-state index in [2.05, 4.69) is 15.3 Å². The summed E-state index contributed by atoms with van der Waals surface area (Å²) in [6.07, 6.45) is 2.89. The van der Waals surface area contributed by atoms with Crippen molar-refractivity contribution in [3.63, 3.8) is 0 Å². The van der Waals surface area contributed by atoms with Gasteiger partial charge in [0, 0.05) is 37.2 Å². The predicted molar refractivity (Wildman–Crippen MR) is 139 cm³/mol. The van der Waals surface area contributed by atoms with Crippen LogP contribution in [-0.4, -0.2) is 51.4 Å². The number of nitrogens with two attached hydrogens (primary N) is 1. The van der Waals surface area contributed by atoms with Crippen molar-refractivity contribution in [3.8, 4) is 0 Å². The number of benzene rings is 1. The number of likely N-dealkylation sites (tertiary alicyclic amines) is 1. The maximum Gasteiger partial charge on any atom is 0.416 e. The number of piperidine rings is 1. The van der Waals surface area contributed by atoms with E-state index >= 15 is 4.39 Å². The molecule has 3 aliphatic heterocycles. The maximum atomic E-state index is 15.5. The lowest BCUT2D eigenvalue weighted by atomic mass is 9.93. The second-order valence-corrected chi connectivity index (χ2v) is 9.67. The molecule has 2 aromatic rings. The third kappa shape index (κ3) is 5.05. The van der Waals surface area contributed by atoms with E-state index in [-0.39, 0.29) is 34.6 Å². The molecule has 2 atom stereocenters. The molecule has 1 saturated heterocycles. The van der Waals surface area contributed by atoms with Gasteiger partial charge in [-0.25, -0.2) is 9.37 Å². The third-order valence-corrected chi connectivity index (χ3v) is 7.09. The first-order valence-electron chi connectivity index (χ1n) is 12.7. The van der Waals surface area contributed by atoms with Crippen LogP contribution in [0.2, 0.25) is 0 Å². The number of carbonyl (C=O) groups excluding carboxylic acids is 2. The number of rotatable bonds is 5. The number of nitrogens with zero attached hydrogens (tertiary/aromatic N) is 5. The maximum absolute atomic E-state index is 15.5. The van der Waals surface area contributed by atoms with Gasteiger partial charge in [-0.2, -0.15) is 24.0 Å². The first-order chi connectivity index (χ1) is 19.0. The number of hydrogen-bond acceptors (Lipinski definition) is 6. The molecule has 1 aromatic carbocycles. The van der Waals surface area contributed by atoms with E-state index in [1.807, 2.05) is 6.92 Å². The number of allylic oxidation sites excluding steroid dienone is 1. The summed E-state index contributed by atoms with van der Waals surface area (Å²) in [6, 6.07) is 5.12. The average Bonchev–Trinajstić information content (AvgIpc) is 3.25. The van der Waals surface area contributed by atoms with Gasteiger partial charge in [0.05, 0.1) is 23.5 Å². The second-order valence-electron chi connectivity index (χ2n) is 9.67. The minimum absolute atomic E-state index is 0.0426. The van der Waals surface area contributed by atoms with Crippen molar-refractivity contribution in [1.82, 2.24) is 9.88 Å². The van der Waals surface area contributed by atoms with Crippen molar-refractivity contribution in [2.45, 2.75) is 32.4 Å². The van der Waals surface area contributed by atoms with Crippen LogP contribution in [0.5, 0.6) is 0 Å². The molecule has 1 unspecified atom stereocenters. The molecule has 0 saturated carbocycles. The first kappa shape index (κ1) is 27.3. The van der Waals surface area contributed by atoms with Crippen molar-refractivity contribution >= 4 is 29.7 Å². The standard InChI is InChI=1S/C27H25F4N7O2/c1-2-23(39)37-10-3-4-17(15-37)24-21-14-33-9-11-38(21,32)25(36-24)19-6-5-16(12-20(19)28)26(40)35-22-13-18(7-8-34-22)27(29,30)31/h5-9,11-14,17H,2-4,10,15,32H2,1H3/p+1/t17-,38?/m1/s1. The molecule has 9 nitrogen and oxygen atoms in total. The molecule has 3 N–H and O–H groups in total. The Bertz CT molecular complexity index is 1500. The molecule has 0 radical (unpaired) electrons. The molecule has 208 valence electrons. The molecule has 0 bridgehead atoms. The van der Waals surface area contributed by atoms with Crippen LogP contribution in [0.4, 0.5) is 23.4 Å². The van der Waals surface area contributed by atoms with Crippen LogP contribution < -0.4 is 11.2 Å². The number of amidine groups is 1. The minimum Gasteiger partial charge on any atom is -0.342 e. The number of aromatic nitrogens is 1. The molecule has 13 heteroatoms. The zero-order valence-corrected chi connectivity index (χ0v) is 21.5. The second kappa shape index (κ2) is 10.4. The van der Waals surface area contributed by atoms with Gasteiger partial charge in [-0.15, -0.1) is 4.59 Å². The largest absolute Gasteiger partial charge is 0.416 e. The van der Waals surface area contributed by atoms with Crippen LogP contribution in [0, 0.1) is 11.7 Å². The van der Waals surface area contributed by atoms with Gasteiger partial charge in [0.25, 0.3) is 11.7 Å². The van der Waals surface area contributed by atoms with E-state index in [4.69, 9.17) is 10.8 Å². The molecule has 2 amide bonds. The van der Waals surface area contributed by atoms with Crippen molar-refractivity contribution in [1.29, 1.82) is 0 Å². The zero-order valence-electron chi connectivity index (χ0n) is 21.5. The molecule has 0 spiro atoms. The van der Waals surface area contributed by atoms with Crippen LogP contribution >= 0.6 is 0 Å². The SMILES string of the molecule is CCC(=O)N1CCC[C@@H](C2=C3C=NC=C[N+]3(N)C(c3ccc(C(=O)Nc4cc(C(F)(F)F)ccn4)cc3F)=N2)C1. The number of alkyl halides is 3. The summed E-state index contributed by atoms with van der Waals surface area (Å²) in [5.41, 5.74) is 0.114. The Labute approximate surface area is 227 Å². The molecule has 3 aliphatic rings. The summed E-state index contributed by atoms with van der Waals surface area (Å²) in [5.74, 6) is 4.86. The van der Waals surface area contributed by atoms with Crippen LogP contribution in [0.15, 0.2) is 70.3 Å². The van der Waals surface area contributed by atoms with Gasteiger partial charge in [0.2, 0.25) is 11.6 Å². The Kier molecular flexibility index (Phi) is 7.10. The van der Waals surface area contributed by atoms with Gasteiger partial charge in [0.15, 0.2) is 0 Å². The highest BCUT2D eigenvalue weighted by Gasteiger charge is 2.47. The molecular weight excluding hydrogens is 530 g/mol. The Morgan fingerprint density at radius 2 is 2.02 bits per heavy atom. The van der Waals surface area contributed by atoms with Crippen molar-refractivity contribution < 1.29 is 31.7 Å². The summed E-state index contributed by atoms with van der Waals surface area (Å²) in [7, 11) is 0.